The fourth-order valence-electron chi connectivity index (χ4n) is 3.56. The number of aliphatic carboxylic acids is 1. The molecule has 24 heavy (non-hydrogen) atoms. The lowest BCUT2D eigenvalue weighted by Crippen LogP contribution is -2.41. The van der Waals surface area contributed by atoms with Gasteiger partial charge in [0.15, 0.2) is 0 Å². The number of nitrogens with zero attached hydrogens (tertiary/aromatic N) is 3. The molecule has 1 aliphatic heterocycles. The highest BCUT2D eigenvalue weighted by Crippen LogP contribution is 2.24. The van der Waals surface area contributed by atoms with Crippen LogP contribution in [0.15, 0.2) is 6.07 Å². The molecular formula is C18H29N3O3. The van der Waals surface area contributed by atoms with Crippen LogP contribution in [0.1, 0.15) is 74.6 Å². The molecule has 1 saturated heterocycles. The van der Waals surface area contributed by atoms with Crippen LogP contribution in [0.2, 0.25) is 0 Å². The van der Waals surface area contributed by atoms with E-state index in [9.17, 15) is 9.59 Å². The van der Waals surface area contributed by atoms with E-state index in [4.69, 9.17) is 5.11 Å². The fourth-order valence-corrected chi connectivity index (χ4v) is 3.56. The zero-order valence-electron chi connectivity index (χ0n) is 15.0. The van der Waals surface area contributed by atoms with Crippen molar-refractivity contribution in [2.24, 2.45) is 5.92 Å². The summed E-state index contributed by atoms with van der Waals surface area (Å²) in [5.41, 5.74) is 1.53. The van der Waals surface area contributed by atoms with Crippen LogP contribution in [-0.2, 0) is 4.79 Å². The number of amides is 1. The summed E-state index contributed by atoms with van der Waals surface area (Å²) < 4.78 is 1.89. The van der Waals surface area contributed by atoms with Gasteiger partial charge in [0.25, 0.3) is 5.91 Å². The second-order valence-electron chi connectivity index (χ2n) is 6.78. The molecule has 0 radical (unpaired) electrons. The molecule has 6 nitrogen and oxygen atoms in total. The number of likely N-dealkylation sites (tertiary alicyclic amines) is 1. The molecule has 1 aliphatic rings. The number of aromatic nitrogens is 2. The molecule has 1 N–H and O–H groups in total. The Morgan fingerprint density at radius 3 is 2.71 bits per heavy atom. The van der Waals surface area contributed by atoms with E-state index in [2.05, 4.69) is 18.9 Å². The maximum atomic E-state index is 13.0. The van der Waals surface area contributed by atoms with E-state index < -0.39 is 5.97 Å². The van der Waals surface area contributed by atoms with E-state index in [1.807, 2.05) is 22.6 Å². The van der Waals surface area contributed by atoms with Crippen molar-refractivity contribution in [3.63, 3.8) is 0 Å². The van der Waals surface area contributed by atoms with Crippen LogP contribution in [0.25, 0.3) is 0 Å². The second-order valence-corrected chi connectivity index (χ2v) is 6.78. The summed E-state index contributed by atoms with van der Waals surface area (Å²) in [6, 6.07) is 2.12. The molecule has 0 saturated carbocycles. The van der Waals surface area contributed by atoms with E-state index in [0.717, 1.165) is 37.9 Å². The Labute approximate surface area is 143 Å². The third-order valence-electron chi connectivity index (χ3n) is 4.94. The zero-order valence-corrected chi connectivity index (χ0v) is 15.0. The predicted octanol–water partition coefficient (Wildman–Crippen LogP) is 3.27. The number of carboxylic acid groups (broad SMARTS) is 1. The van der Waals surface area contributed by atoms with Crippen LogP contribution in [0.5, 0.6) is 0 Å². The minimum Gasteiger partial charge on any atom is -0.481 e. The maximum absolute atomic E-state index is 13.0. The molecule has 1 unspecified atom stereocenters. The first-order chi connectivity index (χ1) is 11.5. The summed E-state index contributed by atoms with van der Waals surface area (Å²) in [4.78, 5) is 25.7. The van der Waals surface area contributed by atoms with Gasteiger partial charge < -0.3 is 10.0 Å². The first-order valence-electron chi connectivity index (χ1n) is 9.03. The number of aryl methyl sites for hydroxylation is 1. The number of hydrogen-bond donors (Lipinski definition) is 1. The van der Waals surface area contributed by atoms with Crippen LogP contribution < -0.4 is 0 Å². The van der Waals surface area contributed by atoms with Gasteiger partial charge in [-0.05, 0) is 51.0 Å². The van der Waals surface area contributed by atoms with Gasteiger partial charge in [-0.1, -0.05) is 13.8 Å². The largest absolute Gasteiger partial charge is 0.481 e. The fraction of sp³-hybridized carbons (Fsp3) is 0.722. The number of rotatable bonds is 7. The standard InChI is InChI=1S/C18H29N3O3/c1-4-15(5-2)21-16(11-13(3)19-21)18(24)20-10-6-7-14(12-20)8-9-17(22)23/h11,14-15H,4-10,12H2,1-3H3,(H,22,23). The van der Waals surface area contributed by atoms with Gasteiger partial charge in [0.05, 0.1) is 11.7 Å². The molecule has 1 atom stereocenters. The number of piperidine rings is 1. The van der Waals surface area contributed by atoms with E-state index in [-0.39, 0.29) is 24.3 Å². The minimum atomic E-state index is -0.763. The van der Waals surface area contributed by atoms with Gasteiger partial charge in [-0.3, -0.25) is 14.3 Å². The highest BCUT2D eigenvalue weighted by molar-refractivity contribution is 5.92. The lowest BCUT2D eigenvalue weighted by atomic mass is 9.93. The van der Waals surface area contributed by atoms with Gasteiger partial charge in [-0.15, -0.1) is 0 Å². The first kappa shape index (κ1) is 18.5. The summed E-state index contributed by atoms with van der Waals surface area (Å²) in [5, 5.41) is 13.4. The third-order valence-corrected chi connectivity index (χ3v) is 4.94. The van der Waals surface area contributed by atoms with Gasteiger partial charge in [-0.25, -0.2) is 0 Å². The number of carboxylic acids is 1. The molecule has 1 aromatic heterocycles. The normalized spacial score (nSPS) is 18.2. The van der Waals surface area contributed by atoms with Gasteiger partial charge in [0.1, 0.15) is 5.69 Å². The molecule has 1 aromatic rings. The Morgan fingerprint density at radius 2 is 2.08 bits per heavy atom. The molecule has 6 heteroatoms. The monoisotopic (exact) mass is 335 g/mol. The number of carbonyl (C=O) groups excluding carboxylic acids is 1. The quantitative estimate of drug-likeness (QED) is 0.830. The van der Waals surface area contributed by atoms with Crippen molar-refractivity contribution < 1.29 is 14.7 Å². The average Bonchev–Trinajstić information content (AvgIpc) is 2.95. The molecule has 1 amide bonds. The van der Waals surface area contributed by atoms with Gasteiger partial charge in [0, 0.05) is 19.5 Å². The van der Waals surface area contributed by atoms with Crippen molar-refractivity contribution in [1.82, 2.24) is 14.7 Å². The number of carbonyl (C=O) groups is 2. The summed E-state index contributed by atoms with van der Waals surface area (Å²) in [5.74, 6) is -0.451. The van der Waals surface area contributed by atoms with E-state index in [0.29, 0.717) is 18.7 Å². The molecule has 2 heterocycles. The molecule has 0 bridgehead atoms. The lowest BCUT2D eigenvalue weighted by molar-refractivity contribution is -0.137. The van der Waals surface area contributed by atoms with E-state index in [1.54, 1.807) is 0 Å². The average molecular weight is 335 g/mol. The van der Waals surface area contributed by atoms with Gasteiger partial charge in [-0.2, -0.15) is 5.10 Å². The van der Waals surface area contributed by atoms with Crippen LogP contribution in [0.4, 0.5) is 0 Å². The lowest BCUT2D eigenvalue weighted by Gasteiger charge is -2.33. The molecule has 1 fully saturated rings. The predicted molar refractivity (Wildman–Crippen MR) is 92.1 cm³/mol. The Hall–Kier alpha value is -1.85. The molecule has 0 aliphatic carbocycles. The van der Waals surface area contributed by atoms with Crippen LogP contribution >= 0.6 is 0 Å². The van der Waals surface area contributed by atoms with Crippen LogP contribution in [0, 0.1) is 12.8 Å². The van der Waals surface area contributed by atoms with Crippen molar-refractivity contribution >= 4 is 11.9 Å². The van der Waals surface area contributed by atoms with Crippen molar-refractivity contribution in [2.45, 2.75) is 65.3 Å². The second kappa shape index (κ2) is 8.31. The molecular weight excluding hydrogens is 306 g/mol. The SMILES string of the molecule is CCC(CC)n1nc(C)cc1C(=O)N1CCCC(CCC(=O)O)C1. The molecule has 134 valence electrons. The van der Waals surface area contributed by atoms with Gasteiger partial charge in [0.2, 0.25) is 0 Å². The highest BCUT2D eigenvalue weighted by Gasteiger charge is 2.28. The Kier molecular flexibility index (Phi) is 6.40. The molecule has 0 spiro atoms. The summed E-state index contributed by atoms with van der Waals surface area (Å²) >= 11 is 0. The van der Waals surface area contributed by atoms with E-state index >= 15 is 0 Å². The Balaban J connectivity index is 2.12. The topological polar surface area (TPSA) is 75.4 Å². The highest BCUT2D eigenvalue weighted by atomic mass is 16.4. The summed E-state index contributed by atoms with van der Waals surface area (Å²) in [7, 11) is 0. The van der Waals surface area contributed by atoms with Crippen molar-refractivity contribution in [2.75, 3.05) is 13.1 Å². The Morgan fingerprint density at radius 1 is 1.38 bits per heavy atom. The van der Waals surface area contributed by atoms with Crippen LogP contribution in [-0.4, -0.2) is 44.8 Å². The van der Waals surface area contributed by atoms with Crippen molar-refractivity contribution in [1.29, 1.82) is 0 Å². The summed E-state index contributed by atoms with van der Waals surface area (Å²) in [6.07, 6.45) is 4.65. The summed E-state index contributed by atoms with van der Waals surface area (Å²) in [6.45, 7) is 7.54. The third kappa shape index (κ3) is 4.36. The first-order valence-corrected chi connectivity index (χ1v) is 9.03. The van der Waals surface area contributed by atoms with Crippen molar-refractivity contribution in [3.8, 4) is 0 Å². The Bertz CT molecular complexity index is 578. The van der Waals surface area contributed by atoms with Crippen molar-refractivity contribution in [3.05, 3.63) is 17.5 Å². The smallest absolute Gasteiger partial charge is 0.303 e. The van der Waals surface area contributed by atoms with Crippen LogP contribution in [0.3, 0.4) is 0 Å². The minimum absolute atomic E-state index is 0.0301. The molecule has 0 aromatic carbocycles. The zero-order chi connectivity index (χ0) is 17.7. The maximum Gasteiger partial charge on any atom is 0.303 e. The van der Waals surface area contributed by atoms with Gasteiger partial charge >= 0.3 is 5.97 Å². The van der Waals surface area contributed by atoms with E-state index in [1.165, 1.54) is 0 Å². The molecule has 2 rings (SSSR count). The number of hydrogen-bond acceptors (Lipinski definition) is 3.